The van der Waals surface area contributed by atoms with Gasteiger partial charge in [-0.05, 0) is 86.1 Å². The van der Waals surface area contributed by atoms with Crippen molar-refractivity contribution in [2.75, 3.05) is 7.11 Å². The number of aromatic nitrogens is 1. The first-order chi connectivity index (χ1) is 21.0. The largest absolute Gasteiger partial charge is 2.00 e. The first kappa shape index (κ1) is 32.1. The Hall–Kier alpha value is -4.28. The monoisotopic (exact) mass is 612 g/mol. The van der Waals surface area contributed by atoms with Crippen LogP contribution in [0.2, 0.25) is 0 Å². The molecule has 5 heterocycles. The van der Waals surface area contributed by atoms with Crippen molar-refractivity contribution in [2.45, 2.75) is 53.9 Å². The number of carbonyl (C=O) groups is 2. The maximum atomic E-state index is 14.0. The van der Waals surface area contributed by atoms with Crippen molar-refractivity contribution in [1.29, 1.82) is 0 Å². The van der Waals surface area contributed by atoms with Crippen molar-refractivity contribution in [3.8, 4) is 0 Å². The molecule has 0 radical (unpaired) electrons. The van der Waals surface area contributed by atoms with E-state index >= 15 is 0 Å². The van der Waals surface area contributed by atoms with Gasteiger partial charge in [-0.15, -0.1) is 16.5 Å². The van der Waals surface area contributed by atoms with E-state index in [9.17, 15) is 19.8 Å². The van der Waals surface area contributed by atoms with Crippen molar-refractivity contribution in [3.63, 3.8) is 0 Å². The van der Waals surface area contributed by atoms with Crippen LogP contribution in [0.3, 0.4) is 0 Å². The van der Waals surface area contributed by atoms with Gasteiger partial charge in [0.2, 0.25) is 0 Å². The van der Waals surface area contributed by atoms with Gasteiger partial charge in [-0.3, -0.25) is 9.59 Å². The quantitative estimate of drug-likeness (QED) is 0.387. The molecule has 1 aromatic heterocycles. The van der Waals surface area contributed by atoms with Crippen molar-refractivity contribution >= 4 is 63.8 Å². The van der Waals surface area contributed by atoms with Crippen LogP contribution in [0.15, 0.2) is 96.1 Å². The SMILES string of the molecule is C=CC1=C(C)C2=NC1=CC1=NC(=CC3=C(C)C4=C([O-])C(C(=O)OC)C(=c5[n-]c(c(C)c5CCC(=O)O)=C2)C4=N3)C(CC)=C1C.[Mg+2]. The van der Waals surface area contributed by atoms with Gasteiger partial charge in [0.15, 0.2) is 0 Å². The van der Waals surface area contributed by atoms with E-state index in [0.29, 0.717) is 50.1 Å². The van der Waals surface area contributed by atoms with E-state index < -0.39 is 23.6 Å². The second-order valence-electron chi connectivity index (χ2n) is 11.3. The third-order valence-electron chi connectivity index (χ3n) is 8.99. The summed E-state index contributed by atoms with van der Waals surface area (Å²) in [6.45, 7) is 13.8. The Morgan fingerprint density at radius 3 is 2.38 bits per heavy atom. The molecule has 0 saturated heterocycles. The van der Waals surface area contributed by atoms with E-state index in [0.717, 1.165) is 51.4 Å². The van der Waals surface area contributed by atoms with Crippen LogP contribution >= 0.6 is 0 Å². The van der Waals surface area contributed by atoms with E-state index in [1.165, 1.54) is 7.11 Å². The third kappa shape index (κ3) is 4.96. The summed E-state index contributed by atoms with van der Waals surface area (Å²) in [7, 11) is 1.24. The predicted molar refractivity (Wildman–Crippen MR) is 173 cm³/mol. The Kier molecular flexibility index (Phi) is 8.50. The van der Waals surface area contributed by atoms with Gasteiger partial charge in [0, 0.05) is 12.0 Å². The zero-order valence-corrected chi connectivity index (χ0v) is 27.7. The van der Waals surface area contributed by atoms with E-state index in [4.69, 9.17) is 24.7 Å². The third-order valence-corrected chi connectivity index (χ3v) is 8.99. The van der Waals surface area contributed by atoms with E-state index in [2.05, 4.69) is 13.5 Å². The topological polar surface area (TPSA) is 138 Å². The van der Waals surface area contributed by atoms with Crippen LogP contribution in [0.1, 0.15) is 51.7 Å². The van der Waals surface area contributed by atoms with Gasteiger partial charge in [-0.1, -0.05) is 36.8 Å². The number of aliphatic carboxylic acids is 1. The van der Waals surface area contributed by atoms with Gasteiger partial charge in [0.25, 0.3) is 0 Å². The van der Waals surface area contributed by atoms with Crippen LogP contribution in [-0.2, 0) is 20.7 Å². The Morgan fingerprint density at radius 2 is 1.73 bits per heavy atom. The number of carboxylic acids is 1. The summed E-state index contributed by atoms with van der Waals surface area (Å²) in [6, 6.07) is 0. The molecular weight excluding hydrogens is 581 g/mol. The fourth-order valence-electron chi connectivity index (χ4n) is 6.55. The summed E-state index contributed by atoms with van der Waals surface area (Å²) in [4.78, 5) is 44.7. The van der Waals surface area contributed by atoms with Crippen molar-refractivity contribution in [2.24, 2.45) is 20.9 Å². The molecule has 9 nitrogen and oxygen atoms in total. The number of hydrogen-bond donors (Lipinski definition) is 1. The van der Waals surface area contributed by atoms with Gasteiger partial charge in [0.05, 0.1) is 47.3 Å². The normalized spacial score (nSPS) is 20.1. The van der Waals surface area contributed by atoms with Crippen LogP contribution in [0.25, 0.3) is 11.6 Å². The maximum absolute atomic E-state index is 14.0. The minimum atomic E-state index is -1.26. The molecule has 224 valence electrons. The van der Waals surface area contributed by atoms with Gasteiger partial charge in [0.1, 0.15) is 0 Å². The number of methoxy groups -OCH3 is 1. The molecule has 5 aliphatic rings. The first-order valence-electron chi connectivity index (χ1n) is 14.5. The molecule has 0 saturated carbocycles. The number of aliphatic imine (C=N–C) groups is 3. The molecular formula is C35H32MgN4O5. The molecule has 1 aliphatic carbocycles. The summed E-state index contributed by atoms with van der Waals surface area (Å²) >= 11 is 0. The second kappa shape index (κ2) is 11.9. The average Bonchev–Trinajstić information content (AvgIpc) is 3.72. The first-order valence-corrected chi connectivity index (χ1v) is 14.5. The van der Waals surface area contributed by atoms with Gasteiger partial charge in [-0.25, -0.2) is 15.0 Å². The van der Waals surface area contributed by atoms with Crippen LogP contribution in [0.5, 0.6) is 0 Å². The fraction of sp³-hybridized carbons (Fsp3) is 0.286. The standard InChI is InChI=1S/C35H34N4O5.Mg/c1-8-19-15(3)22-12-24-17(5)21(10-11-28(40)41)32(38-24)30-31(35(43)44-7)34(42)29-18(6)25(39-33(29)30)14-27-20(9-2)16(4)23(37-27)13-26(19)36-22;/h8,12-14,31H,1,9-11H2,2-7H3,(H3,36,37,38,39,40,41,42);/q;+2/p-2. The molecule has 45 heavy (non-hydrogen) atoms. The summed E-state index contributed by atoms with van der Waals surface area (Å²) in [6.07, 6.45) is 8.23. The van der Waals surface area contributed by atoms with Crippen LogP contribution in [0, 0.1) is 12.8 Å². The smallest absolute Gasteiger partial charge is 0.874 e. The molecule has 1 unspecified atom stereocenters. The van der Waals surface area contributed by atoms with Gasteiger partial charge < -0.3 is 19.9 Å². The van der Waals surface area contributed by atoms with E-state index in [-0.39, 0.29) is 35.9 Å². The number of allylic oxidation sites excluding steroid dienone is 8. The van der Waals surface area contributed by atoms with Crippen LogP contribution in [-0.4, -0.2) is 64.3 Å². The molecule has 1 atom stereocenters. The number of rotatable bonds is 6. The zero-order chi connectivity index (χ0) is 31.6. The molecule has 1 aromatic rings. The number of carboxylic acid groups (broad SMARTS) is 1. The van der Waals surface area contributed by atoms with E-state index in [1.54, 1.807) is 6.08 Å². The van der Waals surface area contributed by atoms with Crippen LogP contribution < -0.4 is 20.8 Å². The molecule has 1 N–H and O–H groups in total. The molecule has 0 amide bonds. The fourth-order valence-corrected chi connectivity index (χ4v) is 6.55. The molecule has 0 spiro atoms. The number of nitrogens with zero attached hydrogens (tertiary/aromatic N) is 4. The Labute approximate surface area is 277 Å². The summed E-state index contributed by atoms with van der Waals surface area (Å²) in [5, 5.41) is 24.5. The maximum Gasteiger partial charge on any atom is 2.00 e. The Morgan fingerprint density at radius 1 is 1.04 bits per heavy atom. The van der Waals surface area contributed by atoms with Crippen molar-refractivity contribution in [3.05, 3.63) is 103 Å². The molecule has 10 heteroatoms. The van der Waals surface area contributed by atoms with E-state index in [1.807, 2.05) is 45.9 Å². The number of carbonyl (C=O) groups excluding carboxylic acids is 1. The number of esters is 1. The van der Waals surface area contributed by atoms with Gasteiger partial charge >= 0.3 is 35.0 Å². The van der Waals surface area contributed by atoms with Gasteiger partial charge in [-0.2, -0.15) is 0 Å². The number of hydrogen-bond acceptors (Lipinski definition) is 7. The molecule has 6 rings (SSSR count). The molecule has 4 aliphatic heterocycles. The Bertz CT molecular complexity index is 2040. The Balaban J connectivity index is 0.00000400. The summed E-state index contributed by atoms with van der Waals surface area (Å²) < 4.78 is 5.10. The summed E-state index contributed by atoms with van der Waals surface area (Å²) in [5.74, 6) is -3.36. The minimum Gasteiger partial charge on any atom is -0.874 e. The number of ether oxygens (including phenoxy) is 1. The van der Waals surface area contributed by atoms with Crippen LogP contribution in [0.4, 0.5) is 0 Å². The average molecular weight is 613 g/mol. The molecule has 0 fully saturated rings. The van der Waals surface area contributed by atoms with Crippen molar-refractivity contribution in [1.82, 2.24) is 4.98 Å². The number of fused-ring (bicyclic) bond motifs is 5. The zero-order valence-electron chi connectivity index (χ0n) is 26.3. The summed E-state index contributed by atoms with van der Waals surface area (Å²) in [5.41, 5.74) is 10.5. The van der Waals surface area contributed by atoms with Crippen molar-refractivity contribution < 1.29 is 24.5 Å². The minimum absolute atomic E-state index is 0. The predicted octanol–water partition coefficient (Wildman–Crippen LogP) is 2.59. The second-order valence-corrected chi connectivity index (χ2v) is 11.3. The molecule has 8 bridgehead atoms. The molecule has 0 aromatic carbocycles.